The van der Waals surface area contributed by atoms with E-state index >= 15 is 0 Å². The molecule has 0 unspecified atom stereocenters. The van der Waals surface area contributed by atoms with Crippen LogP contribution < -0.4 is 5.32 Å². The summed E-state index contributed by atoms with van der Waals surface area (Å²) in [6.07, 6.45) is 0. The van der Waals surface area contributed by atoms with Crippen molar-refractivity contribution < 1.29 is 14.3 Å². The number of hydrogen-bond acceptors (Lipinski definition) is 2. The van der Waals surface area contributed by atoms with E-state index in [0.29, 0.717) is 11.3 Å². The third-order valence-electron chi connectivity index (χ3n) is 2.97. The lowest BCUT2D eigenvalue weighted by Crippen LogP contribution is -2.13. The molecule has 2 aromatic rings. The molecule has 0 fully saturated rings. The van der Waals surface area contributed by atoms with Crippen LogP contribution in [0.4, 0.5) is 10.1 Å². The second kappa shape index (κ2) is 5.51. The van der Waals surface area contributed by atoms with Crippen LogP contribution in [-0.2, 0) is 0 Å². The van der Waals surface area contributed by atoms with Crippen LogP contribution in [-0.4, -0.2) is 11.0 Å². The lowest BCUT2D eigenvalue weighted by Gasteiger charge is -2.11. The third-order valence-corrected chi connectivity index (χ3v) is 3.28. The zero-order valence-electron chi connectivity index (χ0n) is 11.0. The molecule has 0 bridgehead atoms. The average molecular weight is 294 g/mol. The predicted molar refractivity (Wildman–Crippen MR) is 76.9 cm³/mol. The zero-order valence-corrected chi connectivity index (χ0v) is 11.8. The lowest BCUT2D eigenvalue weighted by molar-refractivity contribution is 0.102. The highest BCUT2D eigenvalue weighted by atomic mass is 35.5. The van der Waals surface area contributed by atoms with E-state index in [2.05, 4.69) is 5.32 Å². The SMILES string of the molecule is Cc1cc(NC(=O)c2ccc(F)cc2Cl)c(C)cc1O. The van der Waals surface area contributed by atoms with Crippen LogP contribution in [0.1, 0.15) is 21.5 Å². The summed E-state index contributed by atoms with van der Waals surface area (Å²) in [6.45, 7) is 3.50. The Bertz CT molecular complexity index is 686. The molecule has 0 aliphatic rings. The first kappa shape index (κ1) is 14.3. The molecule has 0 aliphatic carbocycles. The van der Waals surface area contributed by atoms with Gasteiger partial charge >= 0.3 is 0 Å². The summed E-state index contributed by atoms with van der Waals surface area (Å²) in [5.41, 5.74) is 2.14. The van der Waals surface area contributed by atoms with Crippen molar-refractivity contribution in [2.24, 2.45) is 0 Å². The average Bonchev–Trinajstić information content (AvgIpc) is 2.35. The Morgan fingerprint density at radius 2 is 1.90 bits per heavy atom. The molecule has 0 heterocycles. The number of aromatic hydroxyl groups is 1. The fourth-order valence-electron chi connectivity index (χ4n) is 1.80. The largest absolute Gasteiger partial charge is 0.508 e. The molecule has 20 heavy (non-hydrogen) atoms. The molecule has 2 N–H and O–H groups in total. The molecule has 0 radical (unpaired) electrons. The van der Waals surface area contributed by atoms with Crippen LogP contribution in [0.3, 0.4) is 0 Å². The van der Waals surface area contributed by atoms with Crippen molar-refractivity contribution in [3.05, 3.63) is 57.9 Å². The summed E-state index contributed by atoms with van der Waals surface area (Å²) in [7, 11) is 0. The number of phenolic OH excluding ortho intramolecular Hbond substituents is 1. The number of aryl methyl sites for hydroxylation is 2. The Hall–Kier alpha value is -2.07. The Balaban J connectivity index is 2.30. The molecule has 0 atom stereocenters. The second-order valence-electron chi connectivity index (χ2n) is 4.53. The quantitative estimate of drug-likeness (QED) is 0.821. The maximum Gasteiger partial charge on any atom is 0.257 e. The minimum atomic E-state index is -0.497. The van der Waals surface area contributed by atoms with Crippen LogP contribution >= 0.6 is 11.6 Å². The van der Waals surface area contributed by atoms with Crippen LogP contribution in [0.5, 0.6) is 5.75 Å². The van der Waals surface area contributed by atoms with Crippen molar-refractivity contribution in [3.63, 3.8) is 0 Å². The summed E-state index contributed by atoms with van der Waals surface area (Å²) in [4.78, 5) is 12.1. The first-order chi connectivity index (χ1) is 9.38. The molecular weight excluding hydrogens is 281 g/mol. The van der Waals surface area contributed by atoms with Gasteiger partial charge in [0.25, 0.3) is 5.91 Å². The number of halogens is 2. The molecule has 0 aliphatic heterocycles. The van der Waals surface area contributed by atoms with Crippen molar-refractivity contribution in [2.75, 3.05) is 5.32 Å². The number of phenols is 1. The van der Waals surface area contributed by atoms with Gasteiger partial charge in [0.1, 0.15) is 11.6 Å². The van der Waals surface area contributed by atoms with Crippen LogP contribution in [0.2, 0.25) is 5.02 Å². The fraction of sp³-hybridized carbons (Fsp3) is 0.133. The molecule has 104 valence electrons. The molecule has 5 heteroatoms. The molecule has 2 rings (SSSR count). The van der Waals surface area contributed by atoms with Gasteiger partial charge in [-0.3, -0.25) is 4.79 Å². The zero-order chi connectivity index (χ0) is 14.9. The molecule has 0 saturated heterocycles. The first-order valence-electron chi connectivity index (χ1n) is 5.95. The third kappa shape index (κ3) is 2.91. The number of hydrogen-bond donors (Lipinski definition) is 2. The van der Waals surface area contributed by atoms with E-state index in [0.717, 1.165) is 11.6 Å². The minimum absolute atomic E-state index is 0.0515. The Morgan fingerprint density at radius 1 is 1.20 bits per heavy atom. The van der Waals surface area contributed by atoms with E-state index in [-0.39, 0.29) is 16.3 Å². The first-order valence-corrected chi connectivity index (χ1v) is 6.33. The standard InChI is InChI=1S/C15H13ClFNO2/c1-8-6-14(19)9(2)5-13(8)18-15(20)11-4-3-10(17)7-12(11)16/h3-7,19H,1-2H3,(H,18,20). The minimum Gasteiger partial charge on any atom is -0.508 e. The van der Waals surface area contributed by atoms with Gasteiger partial charge in [0.05, 0.1) is 10.6 Å². The maximum absolute atomic E-state index is 13.0. The van der Waals surface area contributed by atoms with E-state index in [1.54, 1.807) is 26.0 Å². The number of anilines is 1. The summed E-state index contributed by atoms with van der Waals surface area (Å²) >= 11 is 5.85. The highest BCUT2D eigenvalue weighted by Gasteiger charge is 2.13. The Morgan fingerprint density at radius 3 is 2.55 bits per heavy atom. The predicted octanol–water partition coefficient (Wildman–Crippen LogP) is 4.05. The van der Waals surface area contributed by atoms with E-state index in [1.165, 1.54) is 12.1 Å². The van der Waals surface area contributed by atoms with Gasteiger partial charge in [-0.25, -0.2) is 4.39 Å². The van der Waals surface area contributed by atoms with Gasteiger partial charge in [-0.05, 0) is 55.3 Å². The fourth-order valence-corrected chi connectivity index (χ4v) is 2.05. The van der Waals surface area contributed by atoms with Gasteiger partial charge in [0.15, 0.2) is 0 Å². The van der Waals surface area contributed by atoms with Gasteiger partial charge in [-0.1, -0.05) is 11.6 Å². The monoisotopic (exact) mass is 293 g/mol. The van der Waals surface area contributed by atoms with E-state index < -0.39 is 11.7 Å². The highest BCUT2D eigenvalue weighted by Crippen LogP contribution is 2.26. The van der Waals surface area contributed by atoms with Gasteiger partial charge in [0, 0.05) is 5.69 Å². The summed E-state index contributed by atoms with van der Waals surface area (Å²) in [5.74, 6) is -0.758. The Kier molecular flexibility index (Phi) is 3.95. The highest BCUT2D eigenvalue weighted by molar-refractivity contribution is 6.34. The molecule has 0 spiro atoms. The van der Waals surface area contributed by atoms with E-state index in [9.17, 15) is 14.3 Å². The molecule has 2 aromatic carbocycles. The van der Waals surface area contributed by atoms with Gasteiger partial charge < -0.3 is 10.4 Å². The molecule has 0 saturated carbocycles. The number of rotatable bonds is 2. The Labute approximate surface area is 121 Å². The smallest absolute Gasteiger partial charge is 0.257 e. The van der Waals surface area contributed by atoms with Crippen LogP contribution in [0, 0.1) is 19.7 Å². The molecular formula is C15H13ClFNO2. The molecule has 0 aromatic heterocycles. The van der Waals surface area contributed by atoms with E-state index in [4.69, 9.17) is 11.6 Å². The summed E-state index contributed by atoms with van der Waals surface area (Å²) in [6, 6.07) is 6.83. The van der Waals surface area contributed by atoms with Crippen molar-refractivity contribution in [1.29, 1.82) is 0 Å². The number of carbonyl (C=O) groups is 1. The van der Waals surface area contributed by atoms with Crippen molar-refractivity contribution in [1.82, 2.24) is 0 Å². The number of amides is 1. The van der Waals surface area contributed by atoms with Gasteiger partial charge in [-0.15, -0.1) is 0 Å². The normalized spacial score (nSPS) is 10.4. The lowest BCUT2D eigenvalue weighted by atomic mass is 10.1. The van der Waals surface area contributed by atoms with Crippen LogP contribution in [0.15, 0.2) is 30.3 Å². The van der Waals surface area contributed by atoms with Crippen molar-refractivity contribution >= 4 is 23.2 Å². The van der Waals surface area contributed by atoms with Crippen LogP contribution in [0.25, 0.3) is 0 Å². The number of carbonyl (C=O) groups excluding carboxylic acids is 1. The maximum atomic E-state index is 13.0. The molecule has 3 nitrogen and oxygen atoms in total. The van der Waals surface area contributed by atoms with Crippen molar-refractivity contribution in [3.8, 4) is 5.75 Å². The molecule has 1 amide bonds. The van der Waals surface area contributed by atoms with E-state index in [1.807, 2.05) is 0 Å². The summed E-state index contributed by atoms with van der Waals surface area (Å²) in [5, 5.41) is 12.3. The number of nitrogens with one attached hydrogen (secondary N) is 1. The summed E-state index contributed by atoms with van der Waals surface area (Å²) < 4.78 is 13.0. The number of benzene rings is 2. The van der Waals surface area contributed by atoms with Gasteiger partial charge in [0.2, 0.25) is 0 Å². The van der Waals surface area contributed by atoms with Gasteiger partial charge in [-0.2, -0.15) is 0 Å². The van der Waals surface area contributed by atoms with Crippen molar-refractivity contribution in [2.45, 2.75) is 13.8 Å². The topological polar surface area (TPSA) is 49.3 Å². The second-order valence-corrected chi connectivity index (χ2v) is 4.94.